The van der Waals surface area contributed by atoms with Crippen LogP contribution in [0.3, 0.4) is 0 Å². The summed E-state index contributed by atoms with van der Waals surface area (Å²) in [5, 5.41) is 11.9. The number of nitriles is 1. The predicted molar refractivity (Wildman–Crippen MR) is 63.6 cm³/mol. The average molecular weight is 266 g/mol. The highest BCUT2D eigenvalue weighted by Crippen LogP contribution is 2.34. The number of nitrogens with zero attached hydrogens (tertiary/aromatic N) is 1. The molecule has 0 N–H and O–H groups in total. The zero-order chi connectivity index (χ0) is 10.1. The summed E-state index contributed by atoms with van der Waals surface area (Å²) < 4.78 is 2.32. The third-order valence-electron chi connectivity index (χ3n) is 2.26. The van der Waals surface area contributed by atoms with Gasteiger partial charge < -0.3 is 0 Å². The van der Waals surface area contributed by atoms with Crippen LogP contribution >= 0.6 is 27.3 Å². The minimum atomic E-state index is 0.772. The summed E-state index contributed by atoms with van der Waals surface area (Å²) in [6.07, 6.45) is 1.01. The molecule has 70 valence electrons. The van der Waals surface area contributed by atoms with Crippen LogP contribution in [0, 0.1) is 11.3 Å². The molecule has 0 radical (unpaired) electrons. The maximum Gasteiger partial charge on any atom is 0.101 e. The number of aryl methyl sites for hydroxylation is 1. The lowest BCUT2D eigenvalue weighted by Crippen LogP contribution is -1.82. The summed E-state index contributed by atoms with van der Waals surface area (Å²) in [7, 11) is 0. The molecule has 0 unspecified atom stereocenters. The van der Waals surface area contributed by atoms with E-state index in [0.29, 0.717) is 0 Å². The molecule has 0 saturated carbocycles. The molecule has 2 aromatic rings. The Labute approximate surface area is 95.1 Å². The molecule has 0 spiro atoms. The van der Waals surface area contributed by atoms with Crippen molar-refractivity contribution >= 4 is 37.4 Å². The van der Waals surface area contributed by atoms with E-state index in [0.717, 1.165) is 21.8 Å². The lowest BCUT2D eigenvalue weighted by molar-refractivity contribution is 1.14. The quantitative estimate of drug-likeness (QED) is 0.762. The molecular weight excluding hydrogens is 258 g/mol. The Hall–Kier alpha value is -0.850. The third-order valence-corrected chi connectivity index (χ3v) is 4.44. The molecule has 14 heavy (non-hydrogen) atoms. The first kappa shape index (κ1) is 9.70. The van der Waals surface area contributed by atoms with Gasteiger partial charge in [0, 0.05) is 15.2 Å². The van der Waals surface area contributed by atoms with Crippen molar-refractivity contribution in [1.29, 1.82) is 5.26 Å². The van der Waals surface area contributed by atoms with Gasteiger partial charge in [-0.05, 0) is 27.9 Å². The van der Waals surface area contributed by atoms with Crippen molar-refractivity contribution in [2.45, 2.75) is 13.3 Å². The Kier molecular flexibility index (Phi) is 2.58. The van der Waals surface area contributed by atoms with E-state index in [2.05, 4.69) is 35.0 Å². The van der Waals surface area contributed by atoms with Crippen molar-refractivity contribution in [3.63, 3.8) is 0 Å². The summed E-state index contributed by atoms with van der Waals surface area (Å²) in [6, 6.07) is 6.32. The summed E-state index contributed by atoms with van der Waals surface area (Å²) in [6.45, 7) is 2.13. The van der Waals surface area contributed by atoms with Crippen LogP contribution in [0.2, 0.25) is 0 Å². The smallest absolute Gasteiger partial charge is 0.101 e. The fourth-order valence-corrected chi connectivity index (χ4v) is 3.33. The van der Waals surface area contributed by atoms with E-state index in [-0.39, 0.29) is 0 Å². The Balaban J connectivity index is 2.80. The van der Waals surface area contributed by atoms with Gasteiger partial charge in [0.15, 0.2) is 0 Å². The molecule has 1 nitrogen and oxygen atoms in total. The normalized spacial score (nSPS) is 10.4. The van der Waals surface area contributed by atoms with Crippen molar-refractivity contribution in [1.82, 2.24) is 0 Å². The second-order valence-electron chi connectivity index (χ2n) is 3.03. The molecular formula is C11H8BrNS. The molecule has 0 saturated heterocycles. The van der Waals surface area contributed by atoms with Crippen molar-refractivity contribution in [2.24, 2.45) is 0 Å². The van der Waals surface area contributed by atoms with Crippen LogP contribution in [-0.2, 0) is 6.42 Å². The van der Waals surface area contributed by atoms with Gasteiger partial charge in [-0.15, -0.1) is 11.3 Å². The number of hydrogen-bond donors (Lipinski definition) is 0. The van der Waals surface area contributed by atoms with E-state index in [9.17, 15) is 0 Å². The highest BCUT2D eigenvalue weighted by Gasteiger charge is 2.08. The highest BCUT2D eigenvalue weighted by molar-refractivity contribution is 9.10. The van der Waals surface area contributed by atoms with Gasteiger partial charge in [-0.25, -0.2) is 0 Å². The van der Waals surface area contributed by atoms with E-state index in [1.165, 1.54) is 10.3 Å². The van der Waals surface area contributed by atoms with Crippen LogP contribution in [-0.4, -0.2) is 0 Å². The zero-order valence-corrected chi connectivity index (χ0v) is 10.1. The summed E-state index contributed by atoms with van der Waals surface area (Å²) in [5.41, 5.74) is 2.07. The molecule has 2 rings (SSSR count). The topological polar surface area (TPSA) is 23.8 Å². The van der Waals surface area contributed by atoms with Crippen molar-refractivity contribution in [3.8, 4) is 6.07 Å². The van der Waals surface area contributed by atoms with Gasteiger partial charge >= 0.3 is 0 Å². The maximum atomic E-state index is 8.88. The number of fused-ring (bicyclic) bond motifs is 1. The number of halogens is 1. The lowest BCUT2D eigenvalue weighted by Gasteiger charge is -2.01. The van der Waals surface area contributed by atoms with Gasteiger partial charge in [0.25, 0.3) is 0 Å². The first-order valence-electron chi connectivity index (χ1n) is 4.36. The van der Waals surface area contributed by atoms with Gasteiger partial charge in [0.05, 0.1) is 10.3 Å². The van der Waals surface area contributed by atoms with Gasteiger partial charge in [-0.2, -0.15) is 5.26 Å². The van der Waals surface area contributed by atoms with Crippen LogP contribution in [0.4, 0.5) is 0 Å². The summed E-state index contributed by atoms with van der Waals surface area (Å²) >= 11 is 5.21. The number of thiophene rings is 1. The first-order valence-corrected chi connectivity index (χ1v) is 6.04. The van der Waals surface area contributed by atoms with Crippen LogP contribution in [0.5, 0.6) is 0 Å². The Morgan fingerprint density at radius 1 is 1.50 bits per heavy atom. The third kappa shape index (κ3) is 1.35. The van der Waals surface area contributed by atoms with E-state index < -0.39 is 0 Å². The van der Waals surface area contributed by atoms with Crippen LogP contribution in [0.25, 0.3) is 10.1 Å². The molecule has 1 heterocycles. The van der Waals surface area contributed by atoms with Gasteiger partial charge in [-0.1, -0.05) is 19.1 Å². The second kappa shape index (κ2) is 3.72. The number of benzene rings is 1. The molecule has 3 heteroatoms. The SMILES string of the molecule is CCc1ccc2c(C#N)csc2c1Br. The summed E-state index contributed by atoms with van der Waals surface area (Å²) in [5.74, 6) is 0. The van der Waals surface area contributed by atoms with E-state index in [1.54, 1.807) is 11.3 Å². The molecule has 1 aromatic carbocycles. The monoisotopic (exact) mass is 265 g/mol. The molecule has 0 aliphatic rings. The van der Waals surface area contributed by atoms with Gasteiger partial charge in [-0.3, -0.25) is 0 Å². The van der Waals surface area contributed by atoms with Crippen LogP contribution in [0.15, 0.2) is 22.0 Å². The van der Waals surface area contributed by atoms with Crippen LogP contribution in [0.1, 0.15) is 18.1 Å². The van der Waals surface area contributed by atoms with E-state index in [1.807, 2.05) is 11.4 Å². The molecule has 0 aliphatic heterocycles. The van der Waals surface area contributed by atoms with Gasteiger partial charge in [0.2, 0.25) is 0 Å². The Morgan fingerprint density at radius 2 is 2.29 bits per heavy atom. The summed E-state index contributed by atoms with van der Waals surface area (Å²) in [4.78, 5) is 0. The molecule has 0 atom stereocenters. The molecule has 0 aliphatic carbocycles. The fourth-order valence-electron chi connectivity index (χ4n) is 1.47. The Morgan fingerprint density at radius 3 is 2.93 bits per heavy atom. The number of rotatable bonds is 1. The molecule has 1 aromatic heterocycles. The molecule has 0 amide bonds. The standard InChI is InChI=1S/C11H8BrNS/c1-2-7-3-4-9-8(5-13)6-14-11(9)10(7)12/h3-4,6H,2H2,1H3. The average Bonchev–Trinajstić information content (AvgIpc) is 2.62. The highest BCUT2D eigenvalue weighted by atomic mass is 79.9. The van der Waals surface area contributed by atoms with Crippen molar-refractivity contribution < 1.29 is 0 Å². The lowest BCUT2D eigenvalue weighted by atomic mass is 10.1. The van der Waals surface area contributed by atoms with Crippen LogP contribution < -0.4 is 0 Å². The molecule has 0 bridgehead atoms. The van der Waals surface area contributed by atoms with Crippen molar-refractivity contribution in [3.05, 3.63) is 33.1 Å². The Bertz CT molecular complexity index is 522. The second-order valence-corrected chi connectivity index (χ2v) is 4.70. The maximum absolute atomic E-state index is 8.88. The predicted octanol–water partition coefficient (Wildman–Crippen LogP) is 4.10. The van der Waals surface area contributed by atoms with E-state index in [4.69, 9.17) is 5.26 Å². The van der Waals surface area contributed by atoms with E-state index >= 15 is 0 Å². The largest absolute Gasteiger partial charge is 0.192 e. The van der Waals surface area contributed by atoms with Gasteiger partial charge in [0.1, 0.15) is 6.07 Å². The van der Waals surface area contributed by atoms with Crippen molar-refractivity contribution in [2.75, 3.05) is 0 Å². The first-order chi connectivity index (χ1) is 6.77. The fraction of sp³-hybridized carbons (Fsp3) is 0.182. The number of hydrogen-bond acceptors (Lipinski definition) is 2. The minimum absolute atomic E-state index is 0.772. The minimum Gasteiger partial charge on any atom is -0.192 e. The molecule has 0 fully saturated rings. The zero-order valence-electron chi connectivity index (χ0n) is 7.67.